The van der Waals surface area contributed by atoms with Crippen molar-refractivity contribution < 1.29 is 4.42 Å². The predicted octanol–water partition coefficient (Wildman–Crippen LogP) is 4.32. The first-order valence-corrected chi connectivity index (χ1v) is 7.94. The zero-order valence-corrected chi connectivity index (χ0v) is 13.5. The maximum atomic E-state index is 12.6. The van der Waals surface area contributed by atoms with E-state index >= 15 is 0 Å². The molecule has 0 aliphatic heterocycles. The molecule has 0 unspecified atom stereocenters. The Bertz CT molecular complexity index is 889. The first-order chi connectivity index (χ1) is 10.6. The first kappa shape index (κ1) is 15.3. The molecule has 1 aromatic heterocycles. The summed E-state index contributed by atoms with van der Waals surface area (Å²) >= 11 is 11.7. The Balaban J connectivity index is 2.08. The highest BCUT2D eigenvalue weighted by atomic mass is 35.5. The third-order valence-corrected chi connectivity index (χ3v) is 4.28. The van der Waals surface area contributed by atoms with Crippen LogP contribution in [-0.4, -0.2) is 11.9 Å². The molecule has 2 aromatic carbocycles. The van der Waals surface area contributed by atoms with Gasteiger partial charge in [0.25, 0.3) is 0 Å². The van der Waals surface area contributed by atoms with Gasteiger partial charge in [-0.1, -0.05) is 17.7 Å². The monoisotopic (exact) mass is 335 g/mol. The number of benzene rings is 2. The molecule has 1 N–H and O–H groups in total. The summed E-state index contributed by atoms with van der Waals surface area (Å²) in [7, 11) is 0. The lowest BCUT2D eigenvalue weighted by atomic mass is 10.1. The van der Waals surface area contributed by atoms with Crippen LogP contribution in [0.4, 0.5) is 0 Å². The molecule has 5 heteroatoms. The van der Waals surface area contributed by atoms with Gasteiger partial charge in [-0.15, -0.1) is 11.6 Å². The van der Waals surface area contributed by atoms with Crippen LogP contribution in [0.15, 0.2) is 45.6 Å². The molecular formula is C17H15Cl2NO2. The van der Waals surface area contributed by atoms with Crippen molar-refractivity contribution in [1.29, 1.82) is 0 Å². The van der Waals surface area contributed by atoms with Crippen LogP contribution in [0.5, 0.6) is 0 Å². The summed E-state index contributed by atoms with van der Waals surface area (Å²) in [4.78, 5) is 12.6. The Morgan fingerprint density at radius 3 is 2.73 bits per heavy atom. The van der Waals surface area contributed by atoms with Gasteiger partial charge in [-0.3, -0.25) is 4.79 Å². The molecule has 3 aromatic rings. The number of hydrogen-bond acceptors (Lipinski definition) is 3. The van der Waals surface area contributed by atoms with Crippen LogP contribution in [0, 0.1) is 0 Å². The number of fused-ring (bicyclic) bond motifs is 2. The molecule has 0 saturated carbocycles. The molecule has 0 amide bonds. The van der Waals surface area contributed by atoms with Crippen molar-refractivity contribution >= 4 is 45.1 Å². The van der Waals surface area contributed by atoms with Crippen LogP contribution in [-0.2, 0) is 6.54 Å². The third-order valence-electron chi connectivity index (χ3n) is 3.58. The Hall–Kier alpha value is -1.55. The van der Waals surface area contributed by atoms with Crippen molar-refractivity contribution in [1.82, 2.24) is 5.32 Å². The van der Waals surface area contributed by atoms with Crippen molar-refractivity contribution in [3.63, 3.8) is 0 Å². The standard InChI is InChI=1S/C17H15Cl2NO2/c1-10(8-18)20-9-11-2-5-15-14(6-11)17(21)13-4-3-12(19)7-16(13)22-15/h2-7,10,20H,8-9H2,1H3/t10-/m0/s1. The predicted molar refractivity (Wildman–Crippen MR) is 92.0 cm³/mol. The molecule has 3 rings (SSSR count). The molecular weight excluding hydrogens is 321 g/mol. The second-order valence-corrected chi connectivity index (χ2v) is 6.08. The summed E-state index contributed by atoms with van der Waals surface area (Å²) in [5.41, 5.74) is 2.05. The van der Waals surface area contributed by atoms with E-state index in [0.29, 0.717) is 39.4 Å². The van der Waals surface area contributed by atoms with Gasteiger partial charge < -0.3 is 9.73 Å². The van der Waals surface area contributed by atoms with Crippen molar-refractivity contribution in [3.8, 4) is 0 Å². The number of alkyl halides is 1. The van der Waals surface area contributed by atoms with Crippen molar-refractivity contribution in [2.75, 3.05) is 5.88 Å². The van der Waals surface area contributed by atoms with E-state index in [-0.39, 0.29) is 11.5 Å². The van der Waals surface area contributed by atoms with E-state index in [1.165, 1.54) is 0 Å². The van der Waals surface area contributed by atoms with Gasteiger partial charge in [0.05, 0.1) is 10.8 Å². The van der Waals surface area contributed by atoms with Gasteiger partial charge in [0, 0.05) is 29.6 Å². The lowest BCUT2D eigenvalue weighted by Crippen LogP contribution is -2.26. The molecule has 0 spiro atoms. The van der Waals surface area contributed by atoms with Crippen LogP contribution >= 0.6 is 23.2 Å². The molecule has 22 heavy (non-hydrogen) atoms. The zero-order valence-electron chi connectivity index (χ0n) is 12.0. The topological polar surface area (TPSA) is 42.2 Å². The van der Waals surface area contributed by atoms with E-state index in [2.05, 4.69) is 5.32 Å². The molecule has 0 aliphatic rings. The molecule has 114 valence electrons. The minimum atomic E-state index is -0.0415. The number of nitrogens with one attached hydrogen (secondary N) is 1. The fourth-order valence-corrected chi connectivity index (χ4v) is 2.60. The van der Waals surface area contributed by atoms with Crippen LogP contribution in [0.2, 0.25) is 5.02 Å². The summed E-state index contributed by atoms with van der Waals surface area (Å²) in [5, 5.41) is 4.96. The molecule has 0 saturated heterocycles. The minimum Gasteiger partial charge on any atom is -0.456 e. The largest absolute Gasteiger partial charge is 0.456 e. The highest BCUT2D eigenvalue weighted by molar-refractivity contribution is 6.31. The van der Waals surface area contributed by atoms with Gasteiger partial charge >= 0.3 is 0 Å². The summed E-state index contributed by atoms with van der Waals surface area (Å²) in [6.07, 6.45) is 0. The van der Waals surface area contributed by atoms with E-state index < -0.39 is 0 Å². The van der Waals surface area contributed by atoms with Crippen LogP contribution in [0.1, 0.15) is 12.5 Å². The molecule has 0 aliphatic carbocycles. The van der Waals surface area contributed by atoms with E-state index in [1.807, 2.05) is 25.1 Å². The van der Waals surface area contributed by atoms with E-state index in [9.17, 15) is 4.79 Å². The maximum absolute atomic E-state index is 12.6. The molecule has 1 heterocycles. The van der Waals surface area contributed by atoms with Crippen molar-refractivity contribution in [3.05, 3.63) is 57.2 Å². The molecule has 0 fully saturated rings. The fourth-order valence-electron chi connectivity index (χ4n) is 2.33. The SMILES string of the molecule is C[C@@H](CCl)NCc1ccc2oc3cc(Cl)ccc3c(=O)c2c1. The Morgan fingerprint density at radius 2 is 1.95 bits per heavy atom. The zero-order chi connectivity index (χ0) is 15.7. The van der Waals surface area contributed by atoms with Gasteiger partial charge in [-0.2, -0.15) is 0 Å². The van der Waals surface area contributed by atoms with Gasteiger partial charge in [0.1, 0.15) is 11.2 Å². The Kier molecular flexibility index (Phi) is 4.39. The molecule has 0 radical (unpaired) electrons. The lowest BCUT2D eigenvalue weighted by molar-refractivity contribution is 0.593. The van der Waals surface area contributed by atoms with Gasteiger partial charge in [-0.25, -0.2) is 0 Å². The maximum Gasteiger partial charge on any atom is 0.200 e. The minimum absolute atomic E-state index is 0.0415. The normalized spacial score (nSPS) is 12.9. The second kappa shape index (κ2) is 6.29. The number of rotatable bonds is 4. The first-order valence-electron chi connectivity index (χ1n) is 7.03. The van der Waals surface area contributed by atoms with Gasteiger partial charge in [0.15, 0.2) is 0 Å². The summed E-state index contributed by atoms with van der Waals surface area (Å²) in [5.74, 6) is 0.543. The molecule has 1 atom stereocenters. The van der Waals surface area contributed by atoms with Gasteiger partial charge in [0.2, 0.25) is 5.43 Å². The number of halogens is 2. The quantitative estimate of drug-likeness (QED) is 0.570. The van der Waals surface area contributed by atoms with E-state index in [4.69, 9.17) is 27.6 Å². The summed E-state index contributed by atoms with van der Waals surface area (Å²) in [6.45, 7) is 2.67. The Labute approximate surface area is 137 Å². The lowest BCUT2D eigenvalue weighted by Gasteiger charge is -2.10. The molecule has 3 nitrogen and oxygen atoms in total. The van der Waals surface area contributed by atoms with E-state index in [0.717, 1.165) is 5.56 Å². The smallest absolute Gasteiger partial charge is 0.200 e. The van der Waals surface area contributed by atoms with Crippen LogP contribution in [0.25, 0.3) is 21.9 Å². The molecule has 0 bridgehead atoms. The summed E-state index contributed by atoms with van der Waals surface area (Å²) in [6, 6.07) is 10.9. The average molecular weight is 336 g/mol. The van der Waals surface area contributed by atoms with Crippen molar-refractivity contribution in [2.45, 2.75) is 19.5 Å². The highest BCUT2D eigenvalue weighted by Crippen LogP contribution is 2.22. The highest BCUT2D eigenvalue weighted by Gasteiger charge is 2.09. The second-order valence-electron chi connectivity index (χ2n) is 5.34. The van der Waals surface area contributed by atoms with Gasteiger partial charge in [-0.05, 0) is 36.8 Å². The average Bonchev–Trinajstić information content (AvgIpc) is 2.52. The fraction of sp³-hybridized carbons (Fsp3) is 0.235. The van der Waals surface area contributed by atoms with Crippen LogP contribution in [0.3, 0.4) is 0 Å². The summed E-state index contributed by atoms with van der Waals surface area (Å²) < 4.78 is 5.78. The van der Waals surface area contributed by atoms with E-state index in [1.54, 1.807) is 18.2 Å². The Morgan fingerprint density at radius 1 is 1.14 bits per heavy atom. The number of hydrogen-bond donors (Lipinski definition) is 1. The van der Waals surface area contributed by atoms with Crippen molar-refractivity contribution in [2.24, 2.45) is 0 Å². The third kappa shape index (κ3) is 2.98. The van der Waals surface area contributed by atoms with Crippen LogP contribution < -0.4 is 10.7 Å².